The first-order valence-electron chi connectivity index (χ1n) is 8.19. The highest BCUT2D eigenvalue weighted by molar-refractivity contribution is 7.10. The van der Waals surface area contributed by atoms with Gasteiger partial charge in [-0.1, -0.05) is 25.1 Å². The molecule has 0 radical (unpaired) electrons. The second-order valence-corrected chi connectivity index (χ2v) is 6.80. The molecule has 7 nitrogen and oxygen atoms in total. The van der Waals surface area contributed by atoms with E-state index in [1.165, 1.54) is 13.1 Å². The van der Waals surface area contributed by atoms with Gasteiger partial charge in [0, 0.05) is 11.9 Å². The lowest BCUT2D eigenvalue weighted by molar-refractivity contribution is 0.477. The Balaban J connectivity index is 2.07. The molecular formula is C18H20N4O3S. The van der Waals surface area contributed by atoms with Crippen molar-refractivity contribution in [2.75, 3.05) is 10.6 Å². The van der Waals surface area contributed by atoms with Crippen molar-refractivity contribution in [1.29, 1.82) is 0 Å². The van der Waals surface area contributed by atoms with Gasteiger partial charge in [0.2, 0.25) is 0 Å². The number of hydrogen-bond donors (Lipinski definition) is 4. The van der Waals surface area contributed by atoms with Gasteiger partial charge in [-0.3, -0.25) is 19.4 Å². The Hall–Kier alpha value is -3.00. The SMILES string of the molecule is CC[C@@H](Nc1c(Nc2ccccc2O)c(=O)n(C)[nH]c1=O)c1cccs1. The number of phenols is 1. The number of aromatic amines is 1. The molecule has 0 saturated heterocycles. The average Bonchev–Trinajstić information content (AvgIpc) is 3.15. The Labute approximate surface area is 153 Å². The van der Waals surface area contributed by atoms with Crippen molar-refractivity contribution < 1.29 is 5.11 Å². The summed E-state index contributed by atoms with van der Waals surface area (Å²) in [5, 5.41) is 20.6. The molecule has 0 unspecified atom stereocenters. The molecule has 2 aromatic heterocycles. The first-order valence-corrected chi connectivity index (χ1v) is 9.07. The van der Waals surface area contributed by atoms with Gasteiger partial charge in [0.15, 0.2) is 0 Å². The van der Waals surface area contributed by atoms with E-state index in [0.717, 1.165) is 16.0 Å². The molecule has 4 N–H and O–H groups in total. The number of nitrogens with one attached hydrogen (secondary N) is 3. The minimum Gasteiger partial charge on any atom is -0.506 e. The van der Waals surface area contributed by atoms with Gasteiger partial charge in [-0.15, -0.1) is 11.3 Å². The number of nitrogens with zero attached hydrogens (tertiary/aromatic N) is 1. The van der Waals surface area contributed by atoms with Crippen molar-refractivity contribution in [1.82, 2.24) is 9.78 Å². The lowest BCUT2D eigenvalue weighted by Crippen LogP contribution is -2.32. The molecule has 0 aliphatic heterocycles. The molecule has 1 aromatic carbocycles. The predicted molar refractivity (Wildman–Crippen MR) is 105 cm³/mol. The number of hydrogen-bond acceptors (Lipinski definition) is 6. The third-order valence-corrected chi connectivity index (χ3v) is 5.03. The molecule has 26 heavy (non-hydrogen) atoms. The van der Waals surface area contributed by atoms with Crippen LogP contribution in [-0.4, -0.2) is 14.9 Å². The Morgan fingerprint density at radius 3 is 2.62 bits per heavy atom. The number of para-hydroxylation sites is 2. The van der Waals surface area contributed by atoms with E-state index in [-0.39, 0.29) is 23.2 Å². The van der Waals surface area contributed by atoms with Crippen LogP contribution in [0.5, 0.6) is 5.75 Å². The molecule has 2 heterocycles. The molecular weight excluding hydrogens is 352 g/mol. The lowest BCUT2D eigenvalue weighted by Gasteiger charge is -2.19. The monoisotopic (exact) mass is 372 g/mol. The van der Waals surface area contributed by atoms with Crippen LogP contribution in [0, 0.1) is 0 Å². The summed E-state index contributed by atoms with van der Waals surface area (Å²) in [5.41, 5.74) is -0.233. The van der Waals surface area contributed by atoms with Gasteiger partial charge in [-0.2, -0.15) is 0 Å². The number of benzene rings is 1. The van der Waals surface area contributed by atoms with Gasteiger partial charge in [-0.25, -0.2) is 0 Å². The van der Waals surface area contributed by atoms with Crippen LogP contribution in [-0.2, 0) is 7.05 Å². The Bertz CT molecular complexity index is 1010. The van der Waals surface area contributed by atoms with Crippen molar-refractivity contribution in [3.05, 3.63) is 67.4 Å². The van der Waals surface area contributed by atoms with Gasteiger partial charge in [-0.05, 0) is 30.0 Å². The number of H-pyrrole nitrogens is 1. The summed E-state index contributed by atoms with van der Waals surface area (Å²) >= 11 is 1.58. The van der Waals surface area contributed by atoms with E-state index in [1.54, 1.807) is 29.5 Å². The molecule has 0 fully saturated rings. The Kier molecular flexibility index (Phi) is 5.13. The molecule has 136 valence electrons. The van der Waals surface area contributed by atoms with Gasteiger partial charge in [0.1, 0.15) is 17.1 Å². The van der Waals surface area contributed by atoms with Gasteiger partial charge >= 0.3 is 0 Å². The summed E-state index contributed by atoms with van der Waals surface area (Å²) in [4.78, 5) is 26.2. The van der Waals surface area contributed by atoms with E-state index in [1.807, 2.05) is 24.4 Å². The van der Waals surface area contributed by atoms with E-state index in [4.69, 9.17) is 0 Å². The smallest absolute Gasteiger partial charge is 0.290 e. The summed E-state index contributed by atoms with van der Waals surface area (Å²) < 4.78 is 1.11. The molecule has 0 saturated carbocycles. The number of thiophene rings is 1. The standard InChI is InChI=1S/C18H20N4O3S/c1-3-11(14-9-6-10-26-14)19-15-16(18(25)22(2)21-17(15)24)20-12-7-4-5-8-13(12)23/h4-11,19-20,23H,3H2,1-2H3,(H,21,24)/t11-/m1/s1. The zero-order valence-corrected chi connectivity index (χ0v) is 15.3. The van der Waals surface area contributed by atoms with Crippen LogP contribution in [0.2, 0.25) is 0 Å². The molecule has 1 atom stereocenters. The first kappa shape index (κ1) is 17.8. The zero-order chi connectivity index (χ0) is 18.7. The highest BCUT2D eigenvalue weighted by atomic mass is 32.1. The summed E-state index contributed by atoms with van der Waals surface area (Å²) in [7, 11) is 1.47. The van der Waals surface area contributed by atoms with E-state index >= 15 is 0 Å². The molecule has 0 bridgehead atoms. The van der Waals surface area contributed by atoms with Crippen LogP contribution in [0.4, 0.5) is 17.1 Å². The first-order chi connectivity index (χ1) is 12.5. The average molecular weight is 372 g/mol. The molecule has 8 heteroatoms. The second kappa shape index (κ2) is 7.49. The molecule has 0 spiro atoms. The topological polar surface area (TPSA) is 99.1 Å². The van der Waals surface area contributed by atoms with E-state index in [2.05, 4.69) is 15.7 Å². The normalized spacial score (nSPS) is 11.9. The van der Waals surface area contributed by atoms with Gasteiger partial charge in [0.05, 0.1) is 11.7 Å². The molecule has 3 rings (SSSR count). The van der Waals surface area contributed by atoms with Crippen molar-refractivity contribution in [3.63, 3.8) is 0 Å². The summed E-state index contributed by atoms with van der Waals surface area (Å²) in [5.74, 6) is -0.00826. The number of aryl methyl sites for hydroxylation is 1. The van der Waals surface area contributed by atoms with Crippen LogP contribution < -0.4 is 21.8 Å². The summed E-state index contributed by atoms with van der Waals surface area (Å²) in [6, 6.07) is 10.4. The van der Waals surface area contributed by atoms with Crippen molar-refractivity contribution in [3.8, 4) is 5.75 Å². The lowest BCUT2D eigenvalue weighted by atomic mass is 10.1. The van der Waals surface area contributed by atoms with E-state index in [0.29, 0.717) is 5.69 Å². The number of rotatable bonds is 6. The van der Waals surface area contributed by atoms with Crippen LogP contribution in [0.3, 0.4) is 0 Å². The van der Waals surface area contributed by atoms with Gasteiger partial charge in [0.25, 0.3) is 11.1 Å². The summed E-state index contributed by atoms with van der Waals surface area (Å²) in [6.45, 7) is 2.00. The maximum absolute atomic E-state index is 12.6. The van der Waals surface area contributed by atoms with Crippen molar-refractivity contribution >= 4 is 28.4 Å². The second-order valence-electron chi connectivity index (χ2n) is 5.82. The molecule has 0 aliphatic carbocycles. The number of anilines is 3. The Morgan fingerprint density at radius 2 is 1.96 bits per heavy atom. The third-order valence-electron chi connectivity index (χ3n) is 4.04. The highest BCUT2D eigenvalue weighted by Gasteiger charge is 2.19. The molecule has 0 amide bonds. The minimum atomic E-state index is -0.417. The molecule has 0 aliphatic rings. The third kappa shape index (κ3) is 3.50. The fourth-order valence-electron chi connectivity index (χ4n) is 2.65. The fourth-order valence-corrected chi connectivity index (χ4v) is 3.51. The van der Waals surface area contributed by atoms with E-state index < -0.39 is 11.1 Å². The van der Waals surface area contributed by atoms with E-state index in [9.17, 15) is 14.7 Å². The van der Waals surface area contributed by atoms with Crippen LogP contribution in [0.25, 0.3) is 0 Å². The number of aromatic nitrogens is 2. The highest BCUT2D eigenvalue weighted by Crippen LogP contribution is 2.30. The van der Waals surface area contributed by atoms with Crippen LogP contribution in [0.1, 0.15) is 24.3 Å². The molecule has 3 aromatic rings. The summed E-state index contributed by atoms with van der Waals surface area (Å²) in [6.07, 6.45) is 0.741. The maximum atomic E-state index is 12.6. The van der Waals surface area contributed by atoms with Crippen molar-refractivity contribution in [2.45, 2.75) is 19.4 Å². The van der Waals surface area contributed by atoms with Crippen LogP contribution in [0.15, 0.2) is 51.4 Å². The maximum Gasteiger partial charge on any atom is 0.290 e. The largest absolute Gasteiger partial charge is 0.506 e. The van der Waals surface area contributed by atoms with Crippen LogP contribution >= 0.6 is 11.3 Å². The number of phenolic OH excluding ortho intramolecular Hbond substituents is 1. The van der Waals surface area contributed by atoms with Crippen molar-refractivity contribution in [2.24, 2.45) is 7.05 Å². The quantitative estimate of drug-likeness (QED) is 0.498. The predicted octanol–water partition coefficient (Wildman–Crippen LogP) is 3.15. The Morgan fingerprint density at radius 1 is 1.19 bits per heavy atom. The minimum absolute atomic E-state index is 0.00826. The fraction of sp³-hybridized carbons (Fsp3) is 0.222. The zero-order valence-electron chi connectivity index (χ0n) is 14.4. The number of aromatic hydroxyl groups is 1. The van der Waals surface area contributed by atoms with Gasteiger partial charge < -0.3 is 15.7 Å².